The Balaban J connectivity index is 1.55. The van der Waals surface area contributed by atoms with Gasteiger partial charge in [0.25, 0.3) is 0 Å². The molecule has 2 aliphatic rings. The number of hydrogen-bond acceptors (Lipinski definition) is 8. The summed E-state index contributed by atoms with van der Waals surface area (Å²) in [5.74, 6) is 0.979. The number of phenolic OH excluding ortho intramolecular Hbond substituents is 1. The first kappa shape index (κ1) is 19.7. The van der Waals surface area contributed by atoms with Gasteiger partial charge in [-0.3, -0.25) is 0 Å². The van der Waals surface area contributed by atoms with Crippen molar-refractivity contribution in [2.45, 2.75) is 31.5 Å². The lowest BCUT2D eigenvalue weighted by Crippen LogP contribution is -2.44. The minimum Gasteiger partial charge on any atom is -0.508 e. The number of ether oxygens (including phenoxy) is 2. The summed E-state index contributed by atoms with van der Waals surface area (Å²) >= 11 is 0. The Kier molecular flexibility index (Phi) is 5.40. The number of phenols is 1. The highest BCUT2D eigenvalue weighted by molar-refractivity contribution is 5.59. The molecule has 8 heteroatoms. The Morgan fingerprint density at radius 1 is 1.06 bits per heavy atom. The first-order valence-electron chi connectivity index (χ1n) is 10.4. The van der Waals surface area contributed by atoms with Crippen LogP contribution < -0.4 is 9.64 Å². The molecule has 0 spiro atoms. The summed E-state index contributed by atoms with van der Waals surface area (Å²) in [6.07, 6.45) is 1.37. The summed E-state index contributed by atoms with van der Waals surface area (Å²) in [4.78, 5) is 15.8. The fraction of sp³-hybridized carbons (Fsp3) is 0.348. The number of hydrogen-bond donors (Lipinski definition) is 2. The lowest BCUT2D eigenvalue weighted by atomic mass is 9.94. The average Bonchev–Trinajstić information content (AvgIpc) is 3.31. The monoisotopic (exact) mass is 420 g/mol. The Morgan fingerprint density at radius 3 is 2.71 bits per heavy atom. The second-order valence-corrected chi connectivity index (χ2v) is 7.83. The minimum absolute atomic E-state index is 0.0197. The van der Waals surface area contributed by atoms with Gasteiger partial charge < -0.3 is 24.6 Å². The van der Waals surface area contributed by atoms with Crippen molar-refractivity contribution in [3.8, 4) is 23.1 Å². The maximum absolute atomic E-state index is 10.1. The number of nitrogens with zero attached hydrogens (tertiary/aromatic N) is 4. The van der Waals surface area contributed by atoms with Crippen LogP contribution in [0.2, 0.25) is 0 Å². The van der Waals surface area contributed by atoms with E-state index in [2.05, 4.69) is 27.1 Å². The summed E-state index contributed by atoms with van der Waals surface area (Å²) < 4.78 is 11.4. The third-order valence-corrected chi connectivity index (χ3v) is 5.69. The summed E-state index contributed by atoms with van der Waals surface area (Å²) in [5.41, 5.74) is 3.06. The minimum atomic E-state index is -0.156. The average molecular weight is 420 g/mol. The fourth-order valence-corrected chi connectivity index (χ4v) is 4.04. The van der Waals surface area contributed by atoms with E-state index in [1.165, 1.54) is 11.1 Å². The highest BCUT2D eigenvalue weighted by Gasteiger charge is 2.29. The molecule has 2 aromatic carbocycles. The van der Waals surface area contributed by atoms with Gasteiger partial charge in [0, 0.05) is 18.5 Å². The molecule has 8 nitrogen and oxygen atoms in total. The van der Waals surface area contributed by atoms with Crippen molar-refractivity contribution in [1.82, 2.24) is 15.0 Å². The number of aliphatic hydroxyl groups excluding tert-OH is 1. The van der Waals surface area contributed by atoms with E-state index in [1.54, 1.807) is 18.2 Å². The van der Waals surface area contributed by atoms with Gasteiger partial charge in [0.2, 0.25) is 5.95 Å². The number of aromatic nitrogens is 3. The number of aromatic hydroxyl groups is 1. The van der Waals surface area contributed by atoms with Crippen LogP contribution in [0.25, 0.3) is 11.4 Å². The molecule has 0 aliphatic carbocycles. The van der Waals surface area contributed by atoms with Gasteiger partial charge in [-0.2, -0.15) is 15.0 Å². The molecule has 1 saturated heterocycles. The predicted molar refractivity (Wildman–Crippen MR) is 114 cm³/mol. The maximum atomic E-state index is 10.1. The first-order chi connectivity index (χ1) is 15.2. The molecular formula is C23H24N4O4. The second kappa shape index (κ2) is 8.49. The van der Waals surface area contributed by atoms with Crippen molar-refractivity contribution in [3.05, 3.63) is 59.7 Å². The van der Waals surface area contributed by atoms with Crippen LogP contribution >= 0.6 is 0 Å². The number of fused-ring (bicyclic) bond motifs is 1. The first-order valence-corrected chi connectivity index (χ1v) is 10.4. The third-order valence-electron chi connectivity index (χ3n) is 5.69. The van der Waals surface area contributed by atoms with Crippen LogP contribution in [-0.4, -0.2) is 57.1 Å². The number of rotatable bonds is 5. The van der Waals surface area contributed by atoms with Crippen LogP contribution in [0, 0.1) is 0 Å². The van der Waals surface area contributed by atoms with Gasteiger partial charge in [-0.1, -0.05) is 36.4 Å². The van der Waals surface area contributed by atoms with Crippen molar-refractivity contribution < 1.29 is 19.7 Å². The topological polar surface area (TPSA) is 101 Å². The maximum Gasteiger partial charge on any atom is 0.322 e. The molecule has 2 N–H and O–H groups in total. The van der Waals surface area contributed by atoms with Crippen molar-refractivity contribution >= 4 is 5.95 Å². The molecule has 3 aromatic rings. The molecule has 1 fully saturated rings. The zero-order valence-electron chi connectivity index (χ0n) is 17.0. The van der Waals surface area contributed by atoms with Crippen LogP contribution in [0.3, 0.4) is 0 Å². The highest BCUT2D eigenvalue weighted by atomic mass is 16.6. The smallest absolute Gasteiger partial charge is 0.322 e. The quantitative estimate of drug-likeness (QED) is 0.649. The van der Waals surface area contributed by atoms with Gasteiger partial charge in [-0.25, -0.2) is 0 Å². The van der Waals surface area contributed by atoms with Gasteiger partial charge in [0.15, 0.2) is 5.82 Å². The molecule has 0 amide bonds. The normalized spacial score (nSPS) is 20.5. The van der Waals surface area contributed by atoms with Crippen LogP contribution in [-0.2, 0) is 17.7 Å². The van der Waals surface area contributed by atoms with E-state index in [1.807, 2.05) is 23.1 Å². The van der Waals surface area contributed by atoms with Gasteiger partial charge in [0.05, 0.1) is 25.9 Å². The van der Waals surface area contributed by atoms with E-state index in [4.69, 9.17) is 9.47 Å². The van der Waals surface area contributed by atoms with Gasteiger partial charge in [-0.05, 0) is 29.7 Å². The molecule has 5 rings (SSSR count). The molecular weight excluding hydrogens is 396 g/mol. The molecule has 0 saturated carbocycles. The van der Waals surface area contributed by atoms with Gasteiger partial charge >= 0.3 is 6.01 Å². The largest absolute Gasteiger partial charge is 0.508 e. The number of anilines is 1. The lowest BCUT2D eigenvalue weighted by molar-refractivity contribution is 0.134. The summed E-state index contributed by atoms with van der Waals surface area (Å²) in [7, 11) is 0. The van der Waals surface area contributed by atoms with E-state index >= 15 is 0 Å². The molecule has 1 unspecified atom stereocenters. The molecule has 2 atom stereocenters. The van der Waals surface area contributed by atoms with E-state index in [0.29, 0.717) is 43.5 Å². The Bertz CT molecular complexity index is 1070. The molecule has 0 bridgehead atoms. The highest BCUT2D eigenvalue weighted by Crippen LogP contribution is 2.30. The van der Waals surface area contributed by atoms with E-state index in [-0.39, 0.29) is 30.5 Å². The van der Waals surface area contributed by atoms with Crippen molar-refractivity contribution in [2.24, 2.45) is 0 Å². The third kappa shape index (κ3) is 4.17. The van der Waals surface area contributed by atoms with Gasteiger partial charge in [0.1, 0.15) is 11.9 Å². The molecule has 160 valence electrons. The van der Waals surface area contributed by atoms with E-state index in [9.17, 15) is 10.2 Å². The zero-order chi connectivity index (χ0) is 21.2. The number of benzene rings is 2. The fourth-order valence-electron chi connectivity index (χ4n) is 4.04. The van der Waals surface area contributed by atoms with Gasteiger partial charge in [-0.15, -0.1) is 0 Å². The van der Waals surface area contributed by atoms with Crippen LogP contribution in [0.15, 0.2) is 48.5 Å². The van der Waals surface area contributed by atoms with Crippen LogP contribution in [0.5, 0.6) is 11.8 Å². The predicted octanol–water partition coefficient (Wildman–Crippen LogP) is 2.34. The Labute approximate surface area is 180 Å². The summed E-state index contributed by atoms with van der Waals surface area (Å²) in [6, 6.07) is 15.0. The summed E-state index contributed by atoms with van der Waals surface area (Å²) in [6.45, 7) is 1.71. The summed E-state index contributed by atoms with van der Waals surface area (Å²) in [5, 5.41) is 20.0. The van der Waals surface area contributed by atoms with Crippen molar-refractivity contribution in [3.63, 3.8) is 0 Å². The second-order valence-electron chi connectivity index (χ2n) is 7.83. The van der Waals surface area contributed by atoms with Crippen LogP contribution in [0.1, 0.15) is 17.5 Å². The van der Waals surface area contributed by atoms with E-state index in [0.717, 1.165) is 6.42 Å². The Morgan fingerprint density at radius 2 is 1.94 bits per heavy atom. The van der Waals surface area contributed by atoms with Crippen molar-refractivity contribution in [1.29, 1.82) is 0 Å². The molecule has 3 heterocycles. The molecule has 0 radical (unpaired) electrons. The molecule has 2 aliphatic heterocycles. The van der Waals surface area contributed by atoms with Crippen LogP contribution in [0.4, 0.5) is 5.95 Å². The lowest BCUT2D eigenvalue weighted by Gasteiger charge is -2.36. The molecule has 31 heavy (non-hydrogen) atoms. The zero-order valence-corrected chi connectivity index (χ0v) is 17.0. The number of aliphatic hydroxyl groups is 1. The Hall–Kier alpha value is -3.23. The van der Waals surface area contributed by atoms with E-state index < -0.39 is 0 Å². The standard InChI is InChI=1S/C23H24N4O4/c28-13-18-10-15-4-1-2-5-17(15)12-27(18)22-24-21(16-6-3-7-19(29)11-16)25-23(26-22)31-20-8-9-30-14-20/h1-7,11,18,20,28-29H,8-10,12-14H2/t18-,20?/m1/s1. The van der Waals surface area contributed by atoms with Crippen molar-refractivity contribution in [2.75, 3.05) is 24.7 Å². The molecule has 1 aromatic heterocycles. The SMILES string of the molecule is OC[C@H]1Cc2ccccc2CN1c1nc(OC2CCOC2)nc(-c2cccc(O)c2)n1.